The van der Waals surface area contributed by atoms with Gasteiger partial charge in [0.15, 0.2) is 0 Å². The first-order valence-electron chi connectivity index (χ1n) is 8.57. The minimum absolute atomic E-state index is 0.0411. The molecule has 0 N–H and O–H groups in total. The normalized spacial score (nSPS) is 11.0. The maximum absolute atomic E-state index is 11.5. The fourth-order valence-electron chi connectivity index (χ4n) is 2.45. The second kappa shape index (κ2) is 10.3. The number of rotatable bonds is 8. The Hall–Kier alpha value is -2.54. The zero-order valence-corrected chi connectivity index (χ0v) is 17.5. The topological polar surface area (TPSA) is 64.7 Å². The van der Waals surface area contributed by atoms with Crippen LogP contribution in [-0.4, -0.2) is 11.1 Å². The minimum Gasteiger partial charge on any atom is -0.391 e. The smallest absolute Gasteiger partial charge is 0.283 e. The standard InChI is InChI=1S/C21H16Cl2N2O3S/c22-18-8-6-17(10-19(18)23)13-28-24-12-16-7-9-21(20(11-16)25(26)27)29-14-15-4-2-1-3-5-15/h1-12H,13-14H2. The molecule has 0 unspecified atom stereocenters. The molecule has 29 heavy (non-hydrogen) atoms. The van der Waals surface area contributed by atoms with Gasteiger partial charge in [-0.2, -0.15) is 0 Å². The van der Waals surface area contributed by atoms with E-state index in [0.29, 0.717) is 26.3 Å². The van der Waals surface area contributed by atoms with E-state index in [1.165, 1.54) is 24.0 Å². The van der Waals surface area contributed by atoms with Crippen molar-refractivity contribution in [3.63, 3.8) is 0 Å². The molecule has 0 heterocycles. The summed E-state index contributed by atoms with van der Waals surface area (Å²) in [6.45, 7) is 0.209. The third-order valence-electron chi connectivity index (χ3n) is 3.91. The first-order valence-corrected chi connectivity index (χ1v) is 10.3. The van der Waals surface area contributed by atoms with Crippen LogP contribution in [0.3, 0.4) is 0 Å². The lowest BCUT2D eigenvalue weighted by molar-refractivity contribution is -0.387. The van der Waals surface area contributed by atoms with Crippen molar-refractivity contribution >= 4 is 46.9 Å². The second-order valence-electron chi connectivity index (χ2n) is 6.01. The average Bonchev–Trinajstić information content (AvgIpc) is 2.73. The third-order valence-corrected chi connectivity index (χ3v) is 5.78. The van der Waals surface area contributed by atoms with Crippen LogP contribution in [0.1, 0.15) is 16.7 Å². The molecule has 0 aliphatic heterocycles. The molecule has 3 aromatic rings. The Morgan fingerprint density at radius 2 is 1.79 bits per heavy atom. The van der Waals surface area contributed by atoms with Gasteiger partial charge in [-0.25, -0.2) is 0 Å². The molecule has 3 aromatic carbocycles. The summed E-state index contributed by atoms with van der Waals surface area (Å²) in [5.74, 6) is 0.655. The first kappa shape index (κ1) is 21.2. The number of benzene rings is 3. The molecule has 5 nitrogen and oxygen atoms in total. The number of nitro groups is 1. The van der Waals surface area contributed by atoms with Crippen molar-refractivity contribution < 1.29 is 9.76 Å². The van der Waals surface area contributed by atoms with Crippen molar-refractivity contribution in [3.05, 3.63) is 104 Å². The third kappa shape index (κ3) is 6.22. The highest BCUT2D eigenvalue weighted by Gasteiger charge is 2.15. The highest BCUT2D eigenvalue weighted by Crippen LogP contribution is 2.32. The van der Waals surface area contributed by atoms with Gasteiger partial charge in [-0.15, -0.1) is 11.8 Å². The molecule has 0 aromatic heterocycles. The van der Waals surface area contributed by atoms with Gasteiger partial charge in [-0.1, -0.05) is 70.8 Å². The van der Waals surface area contributed by atoms with Gasteiger partial charge in [0, 0.05) is 17.4 Å². The van der Waals surface area contributed by atoms with Crippen molar-refractivity contribution in [2.45, 2.75) is 17.3 Å². The van der Waals surface area contributed by atoms with E-state index in [0.717, 1.165) is 11.1 Å². The SMILES string of the molecule is O=[N+]([O-])c1cc(C=NOCc2ccc(Cl)c(Cl)c2)ccc1SCc1ccccc1. The predicted octanol–water partition coefficient (Wildman–Crippen LogP) is 6.74. The van der Waals surface area contributed by atoms with Crippen molar-refractivity contribution in [2.24, 2.45) is 5.16 Å². The van der Waals surface area contributed by atoms with Crippen LogP contribution in [0.4, 0.5) is 5.69 Å². The predicted molar refractivity (Wildman–Crippen MR) is 118 cm³/mol. The summed E-state index contributed by atoms with van der Waals surface area (Å²) in [7, 11) is 0. The molecule has 0 saturated carbocycles. The van der Waals surface area contributed by atoms with Crippen LogP contribution < -0.4 is 0 Å². The van der Waals surface area contributed by atoms with Crippen LogP contribution in [0.15, 0.2) is 76.8 Å². The van der Waals surface area contributed by atoms with Crippen LogP contribution >= 0.6 is 35.0 Å². The largest absolute Gasteiger partial charge is 0.391 e. The van der Waals surface area contributed by atoms with Crippen molar-refractivity contribution in [2.75, 3.05) is 0 Å². The fraction of sp³-hybridized carbons (Fsp3) is 0.0952. The fourth-order valence-corrected chi connectivity index (χ4v) is 3.74. The summed E-state index contributed by atoms with van der Waals surface area (Å²) in [6, 6.07) is 20.0. The molecular formula is C21H16Cl2N2O3S. The highest BCUT2D eigenvalue weighted by atomic mass is 35.5. The quantitative estimate of drug-likeness (QED) is 0.166. The summed E-state index contributed by atoms with van der Waals surface area (Å²) in [4.78, 5) is 16.9. The van der Waals surface area contributed by atoms with Crippen LogP contribution in [-0.2, 0) is 17.2 Å². The van der Waals surface area contributed by atoms with Crippen LogP contribution in [0.25, 0.3) is 0 Å². The Morgan fingerprint density at radius 1 is 1.00 bits per heavy atom. The van der Waals surface area contributed by atoms with E-state index in [4.69, 9.17) is 28.0 Å². The number of nitro benzene ring substituents is 1. The van der Waals surface area contributed by atoms with E-state index in [1.807, 2.05) is 30.3 Å². The summed E-state index contributed by atoms with van der Waals surface area (Å²) in [5.41, 5.74) is 2.54. The average molecular weight is 447 g/mol. The summed E-state index contributed by atoms with van der Waals surface area (Å²) in [5, 5.41) is 16.2. The maximum Gasteiger partial charge on any atom is 0.283 e. The van der Waals surface area contributed by atoms with Gasteiger partial charge in [0.1, 0.15) is 6.61 Å². The molecule has 0 aliphatic rings. The molecular weight excluding hydrogens is 431 g/mol. The van der Waals surface area contributed by atoms with Gasteiger partial charge in [-0.05, 0) is 29.3 Å². The van der Waals surface area contributed by atoms with Gasteiger partial charge < -0.3 is 4.84 Å². The van der Waals surface area contributed by atoms with Crippen LogP contribution in [0.5, 0.6) is 0 Å². The molecule has 0 atom stereocenters. The Morgan fingerprint density at radius 3 is 2.52 bits per heavy atom. The number of thioether (sulfide) groups is 1. The molecule has 0 aliphatic carbocycles. The Balaban J connectivity index is 1.63. The summed E-state index contributed by atoms with van der Waals surface area (Å²) in [6.07, 6.45) is 1.44. The van der Waals surface area contributed by atoms with Gasteiger partial charge in [0.05, 0.1) is 26.1 Å². The van der Waals surface area contributed by atoms with E-state index >= 15 is 0 Å². The van der Waals surface area contributed by atoms with Gasteiger partial charge in [0.2, 0.25) is 0 Å². The molecule has 0 spiro atoms. The first-order chi connectivity index (χ1) is 14.0. The maximum atomic E-state index is 11.5. The molecule has 148 valence electrons. The monoisotopic (exact) mass is 446 g/mol. The number of halogens is 2. The van der Waals surface area contributed by atoms with Crippen molar-refractivity contribution in [3.8, 4) is 0 Å². The number of hydrogen-bond acceptors (Lipinski definition) is 5. The van der Waals surface area contributed by atoms with Gasteiger partial charge in [-0.3, -0.25) is 10.1 Å². The molecule has 0 saturated heterocycles. The Bertz CT molecular complexity index is 1030. The number of oxime groups is 1. The second-order valence-corrected chi connectivity index (χ2v) is 7.85. The summed E-state index contributed by atoms with van der Waals surface area (Å²) >= 11 is 13.3. The van der Waals surface area contributed by atoms with E-state index in [2.05, 4.69) is 5.16 Å². The lowest BCUT2D eigenvalue weighted by Crippen LogP contribution is -1.94. The Labute approximate surface area is 182 Å². The molecule has 0 fully saturated rings. The summed E-state index contributed by atoms with van der Waals surface area (Å²) < 4.78 is 0. The van der Waals surface area contributed by atoms with Gasteiger partial charge >= 0.3 is 0 Å². The molecule has 0 amide bonds. The van der Waals surface area contributed by atoms with Crippen LogP contribution in [0.2, 0.25) is 10.0 Å². The van der Waals surface area contributed by atoms with Crippen molar-refractivity contribution in [1.82, 2.24) is 0 Å². The zero-order chi connectivity index (χ0) is 20.6. The number of hydrogen-bond donors (Lipinski definition) is 0. The van der Waals surface area contributed by atoms with E-state index in [-0.39, 0.29) is 17.2 Å². The number of nitrogens with zero attached hydrogens (tertiary/aromatic N) is 2. The minimum atomic E-state index is -0.388. The van der Waals surface area contributed by atoms with E-state index < -0.39 is 0 Å². The van der Waals surface area contributed by atoms with E-state index in [1.54, 1.807) is 30.3 Å². The molecule has 0 bridgehead atoms. The molecule has 8 heteroatoms. The van der Waals surface area contributed by atoms with Crippen molar-refractivity contribution in [1.29, 1.82) is 0 Å². The lowest BCUT2D eigenvalue weighted by atomic mass is 10.2. The molecule has 0 radical (unpaired) electrons. The Kier molecular flexibility index (Phi) is 7.52. The highest BCUT2D eigenvalue weighted by molar-refractivity contribution is 7.98. The zero-order valence-electron chi connectivity index (χ0n) is 15.1. The van der Waals surface area contributed by atoms with Crippen LogP contribution in [0, 0.1) is 10.1 Å². The lowest BCUT2D eigenvalue weighted by Gasteiger charge is -2.05. The van der Waals surface area contributed by atoms with Gasteiger partial charge in [0.25, 0.3) is 5.69 Å². The molecule has 3 rings (SSSR count). The van der Waals surface area contributed by atoms with E-state index in [9.17, 15) is 10.1 Å².